The van der Waals surface area contributed by atoms with Crippen LogP contribution < -0.4 is 5.32 Å². The van der Waals surface area contributed by atoms with E-state index in [9.17, 15) is 9.90 Å². The Hall–Kier alpha value is -2.14. The zero-order valence-corrected chi connectivity index (χ0v) is 12.0. The molecule has 1 fully saturated rings. The quantitative estimate of drug-likeness (QED) is 0.507. The molecule has 1 aromatic rings. The molecule has 1 aliphatic rings. The summed E-state index contributed by atoms with van der Waals surface area (Å²) in [5.41, 5.74) is 1.73. The largest absolute Gasteiger partial charge is 0.507 e. The normalized spacial score (nSPS) is 16.6. The zero-order chi connectivity index (χ0) is 14.7. The summed E-state index contributed by atoms with van der Waals surface area (Å²) in [6.45, 7) is 6.03. The highest BCUT2D eigenvalue weighted by Gasteiger charge is 2.29. The standard InChI is InChI=1S/C15H16N2O2S/c1-3-6-10-7-5-8-11(13(10)18)9-12-14(19)17(4-2)15(20)16-12/h3,5,7-9,18H,1,4,6H2,2H3,(H,16,20)/b12-9-. The van der Waals surface area contributed by atoms with Crippen LogP contribution in [0.5, 0.6) is 5.75 Å². The Labute approximate surface area is 123 Å². The first-order chi connectivity index (χ1) is 9.58. The van der Waals surface area contributed by atoms with E-state index in [0.717, 1.165) is 5.56 Å². The van der Waals surface area contributed by atoms with Crippen LogP contribution >= 0.6 is 12.2 Å². The summed E-state index contributed by atoms with van der Waals surface area (Å²) in [5.74, 6) is -0.0126. The molecule has 0 saturated carbocycles. The van der Waals surface area contributed by atoms with Crippen LogP contribution in [-0.2, 0) is 11.2 Å². The number of carbonyl (C=O) groups excluding carboxylic acids is 1. The fraction of sp³-hybridized carbons (Fsp3) is 0.200. The van der Waals surface area contributed by atoms with Crippen LogP contribution in [0.3, 0.4) is 0 Å². The topological polar surface area (TPSA) is 52.6 Å². The second kappa shape index (κ2) is 5.88. The van der Waals surface area contributed by atoms with Gasteiger partial charge >= 0.3 is 0 Å². The van der Waals surface area contributed by atoms with Gasteiger partial charge in [-0.3, -0.25) is 9.69 Å². The van der Waals surface area contributed by atoms with Crippen LogP contribution in [0.1, 0.15) is 18.1 Å². The van der Waals surface area contributed by atoms with Crippen molar-refractivity contribution in [2.45, 2.75) is 13.3 Å². The molecular formula is C15H16N2O2S. The third kappa shape index (κ3) is 2.58. The summed E-state index contributed by atoms with van der Waals surface area (Å²) in [7, 11) is 0. The zero-order valence-electron chi connectivity index (χ0n) is 11.2. The van der Waals surface area contributed by atoms with E-state index >= 15 is 0 Å². The average molecular weight is 288 g/mol. The fourth-order valence-electron chi connectivity index (χ4n) is 2.06. The SMILES string of the molecule is C=CCc1cccc(/C=C2\NC(=S)N(CC)C2=O)c1O. The van der Waals surface area contributed by atoms with E-state index in [-0.39, 0.29) is 11.7 Å². The number of nitrogens with zero attached hydrogens (tertiary/aromatic N) is 1. The number of amides is 1. The number of aromatic hydroxyl groups is 1. The number of thiocarbonyl (C=S) groups is 1. The van der Waals surface area contributed by atoms with Crippen molar-refractivity contribution in [1.29, 1.82) is 0 Å². The summed E-state index contributed by atoms with van der Waals surface area (Å²) in [4.78, 5) is 13.6. The molecular weight excluding hydrogens is 272 g/mol. The van der Waals surface area contributed by atoms with Gasteiger partial charge in [0.25, 0.3) is 5.91 Å². The number of phenolic OH excluding ortho intramolecular Hbond substituents is 1. The highest BCUT2D eigenvalue weighted by atomic mass is 32.1. The van der Waals surface area contributed by atoms with Gasteiger partial charge in [-0.2, -0.15) is 0 Å². The Morgan fingerprint density at radius 2 is 2.25 bits per heavy atom. The number of rotatable bonds is 4. The predicted octanol–water partition coefficient (Wildman–Crippen LogP) is 2.20. The molecule has 4 nitrogen and oxygen atoms in total. The van der Waals surface area contributed by atoms with E-state index in [1.54, 1.807) is 18.2 Å². The van der Waals surface area contributed by atoms with Crippen molar-refractivity contribution in [2.24, 2.45) is 0 Å². The van der Waals surface area contributed by atoms with E-state index in [1.165, 1.54) is 4.90 Å². The number of para-hydroxylation sites is 1. The van der Waals surface area contributed by atoms with Crippen molar-refractivity contribution in [3.63, 3.8) is 0 Å². The molecule has 1 aromatic carbocycles. The lowest BCUT2D eigenvalue weighted by Gasteiger charge is -2.09. The van der Waals surface area contributed by atoms with Crippen molar-refractivity contribution < 1.29 is 9.90 Å². The molecule has 104 valence electrons. The Bertz CT molecular complexity index is 608. The maximum atomic E-state index is 12.1. The third-order valence-corrected chi connectivity index (χ3v) is 3.42. The number of likely N-dealkylation sites (N-methyl/N-ethyl adjacent to an activating group) is 1. The molecule has 1 heterocycles. The molecule has 0 unspecified atom stereocenters. The van der Waals surface area contributed by atoms with E-state index in [4.69, 9.17) is 12.2 Å². The molecule has 1 aliphatic heterocycles. The van der Waals surface area contributed by atoms with Gasteiger partial charge in [0, 0.05) is 12.1 Å². The number of nitrogens with one attached hydrogen (secondary N) is 1. The Morgan fingerprint density at radius 1 is 1.50 bits per heavy atom. The maximum absolute atomic E-state index is 12.1. The molecule has 5 heteroatoms. The van der Waals surface area contributed by atoms with Crippen LogP contribution in [0.4, 0.5) is 0 Å². The van der Waals surface area contributed by atoms with Gasteiger partial charge in [0.1, 0.15) is 11.4 Å². The van der Waals surface area contributed by atoms with Gasteiger partial charge in [-0.1, -0.05) is 24.3 Å². The smallest absolute Gasteiger partial charge is 0.276 e. The number of phenols is 1. The maximum Gasteiger partial charge on any atom is 0.276 e. The van der Waals surface area contributed by atoms with E-state index in [2.05, 4.69) is 11.9 Å². The number of benzene rings is 1. The number of hydrogen-bond acceptors (Lipinski definition) is 3. The van der Waals surface area contributed by atoms with Gasteiger partial charge in [-0.25, -0.2) is 0 Å². The lowest BCUT2D eigenvalue weighted by molar-refractivity contribution is -0.122. The van der Waals surface area contributed by atoms with Crippen LogP contribution in [-0.4, -0.2) is 27.6 Å². The van der Waals surface area contributed by atoms with E-state index in [1.807, 2.05) is 19.1 Å². The van der Waals surface area contributed by atoms with Gasteiger partial charge in [0.2, 0.25) is 0 Å². The second-order valence-corrected chi connectivity index (χ2v) is 4.77. The summed E-state index contributed by atoms with van der Waals surface area (Å²) in [6.07, 6.45) is 3.91. The van der Waals surface area contributed by atoms with Crippen molar-refractivity contribution in [2.75, 3.05) is 6.54 Å². The van der Waals surface area contributed by atoms with Crippen LogP contribution in [0.15, 0.2) is 36.6 Å². The van der Waals surface area contributed by atoms with Crippen LogP contribution in [0.2, 0.25) is 0 Å². The first-order valence-corrected chi connectivity index (χ1v) is 6.75. The minimum absolute atomic E-state index is 0.162. The molecule has 0 aliphatic carbocycles. The van der Waals surface area contributed by atoms with E-state index in [0.29, 0.717) is 29.3 Å². The lowest BCUT2D eigenvalue weighted by Crippen LogP contribution is -2.30. The first kappa shape index (κ1) is 14.3. The number of carbonyl (C=O) groups is 1. The predicted molar refractivity (Wildman–Crippen MR) is 83.1 cm³/mol. The first-order valence-electron chi connectivity index (χ1n) is 6.34. The third-order valence-electron chi connectivity index (χ3n) is 3.09. The molecule has 2 N–H and O–H groups in total. The minimum Gasteiger partial charge on any atom is -0.507 e. The molecule has 2 rings (SSSR count). The molecule has 0 spiro atoms. The van der Waals surface area contributed by atoms with Gasteiger partial charge in [0.05, 0.1) is 0 Å². The molecule has 0 bridgehead atoms. The van der Waals surface area contributed by atoms with Crippen molar-refractivity contribution in [3.05, 3.63) is 47.7 Å². The molecule has 0 atom stereocenters. The molecule has 1 amide bonds. The second-order valence-electron chi connectivity index (χ2n) is 4.39. The average Bonchev–Trinajstić information content (AvgIpc) is 2.69. The number of allylic oxidation sites excluding steroid dienone is 1. The summed E-state index contributed by atoms with van der Waals surface area (Å²) >= 11 is 5.09. The van der Waals surface area contributed by atoms with Gasteiger partial charge < -0.3 is 10.4 Å². The van der Waals surface area contributed by atoms with Gasteiger partial charge in [0.15, 0.2) is 5.11 Å². The molecule has 20 heavy (non-hydrogen) atoms. The Morgan fingerprint density at radius 3 is 2.85 bits per heavy atom. The van der Waals surface area contributed by atoms with Crippen LogP contribution in [0.25, 0.3) is 6.08 Å². The molecule has 1 saturated heterocycles. The van der Waals surface area contributed by atoms with Gasteiger partial charge in [-0.05, 0) is 37.2 Å². The lowest BCUT2D eigenvalue weighted by atomic mass is 10.1. The highest BCUT2D eigenvalue weighted by Crippen LogP contribution is 2.26. The minimum atomic E-state index is -0.175. The molecule has 0 aromatic heterocycles. The Kier molecular flexibility index (Phi) is 4.20. The van der Waals surface area contributed by atoms with Crippen molar-refractivity contribution >= 4 is 29.3 Å². The van der Waals surface area contributed by atoms with Crippen molar-refractivity contribution in [1.82, 2.24) is 10.2 Å². The Balaban J connectivity index is 2.37. The summed E-state index contributed by atoms with van der Waals surface area (Å²) in [5, 5.41) is 13.4. The monoisotopic (exact) mass is 288 g/mol. The summed E-state index contributed by atoms with van der Waals surface area (Å²) < 4.78 is 0. The van der Waals surface area contributed by atoms with Crippen LogP contribution in [0, 0.1) is 0 Å². The fourth-order valence-corrected chi connectivity index (χ4v) is 2.38. The number of hydrogen-bond donors (Lipinski definition) is 2. The van der Waals surface area contributed by atoms with E-state index < -0.39 is 0 Å². The van der Waals surface area contributed by atoms with Gasteiger partial charge in [-0.15, -0.1) is 6.58 Å². The van der Waals surface area contributed by atoms with Crippen molar-refractivity contribution in [3.8, 4) is 5.75 Å². The molecule has 0 radical (unpaired) electrons. The highest BCUT2D eigenvalue weighted by molar-refractivity contribution is 7.80. The summed E-state index contributed by atoms with van der Waals surface area (Å²) in [6, 6.07) is 5.41.